The number of aromatic amines is 1. The van der Waals surface area contributed by atoms with Gasteiger partial charge >= 0.3 is 0 Å². The number of rotatable bonds is 5. The highest BCUT2D eigenvalue weighted by atomic mass is 16.5. The zero-order valence-corrected chi connectivity index (χ0v) is 8.63. The fourth-order valence-corrected chi connectivity index (χ4v) is 1.13. The molecule has 3 heteroatoms. The molecule has 0 aromatic carbocycles. The molecule has 13 heavy (non-hydrogen) atoms. The van der Waals surface area contributed by atoms with Gasteiger partial charge in [-0.25, -0.2) is 0 Å². The third-order valence-corrected chi connectivity index (χ3v) is 1.81. The maximum absolute atomic E-state index is 5.50. The largest absolute Gasteiger partial charge is 0.479 e. The summed E-state index contributed by atoms with van der Waals surface area (Å²) < 4.78 is 5.50. The highest BCUT2D eigenvalue weighted by Gasteiger charge is 1.95. The van der Waals surface area contributed by atoms with Crippen LogP contribution in [0.15, 0.2) is 12.1 Å². The van der Waals surface area contributed by atoms with Gasteiger partial charge in [-0.2, -0.15) is 0 Å². The fourth-order valence-electron chi connectivity index (χ4n) is 1.13. The summed E-state index contributed by atoms with van der Waals surface area (Å²) in [5, 5.41) is 0. The summed E-state index contributed by atoms with van der Waals surface area (Å²) in [5.41, 5.74) is 1.14. The van der Waals surface area contributed by atoms with E-state index in [-0.39, 0.29) is 0 Å². The summed E-state index contributed by atoms with van der Waals surface area (Å²) in [6.45, 7) is 3.87. The molecular formula is C10H18N2O. The molecule has 1 N–H and O–H groups in total. The number of hydrogen-bond acceptors (Lipinski definition) is 2. The molecule has 0 unspecified atom stereocenters. The van der Waals surface area contributed by atoms with Crippen molar-refractivity contribution >= 4 is 0 Å². The minimum atomic E-state index is 0.776. The molecule has 0 aliphatic rings. The highest BCUT2D eigenvalue weighted by Crippen LogP contribution is 2.08. The fraction of sp³-hybridized carbons (Fsp3) is 0.600. The molecule has 0 atom stereocenters. The van der Waals surface area contributed by atoms with Crippen LogP contribution in [0.25, 0.3) is 0 Å². The van der Waals surface area contributed by atoms with Crippen LogP contribution in [0.4, 0.5) is 0 Å². The summed E-state index contributed by atoms with van der Waals surface area (Å²) in [6, 6.07) is 3.98. The lowest BCUT2D eigenvalue weighted by atomic mass is 10.4. The van der Waals surface area contributed by atoms with Crippen molar-refractivity contribution in [2.45, 2.75) is 13.3 Å². The van der Waals surface area contributed by atoms with Crippen LogP contribution in [0.2, 0.25) is 0 Å². The van der Waals surface area contributed by atoms with Crippen LogP contribution in [0.5, 0.6) is 5.88 Å². The van der Waals surface area contributed by atoms with Gasteiger partial charge in [0.15, 0.2) is 5.88 Å². The Bertz CT molecular complexity index is 243. The molecule has 0 aliphatic carbocycles. The van der Waals surface area contributed by atoms with Gasteiger partial charge in [-0.1, -0.05) is 0 Å². The number of ether oxygens (including phenoxy) is 1. The smallest absolute Gasteiger partial charge is 0.190 e. The van der Waals surface area contributed by atoms with Crippen molar-refractivity contribution in [2.75, 3.05) is 27.2 Å². The van der Waals surface area contributed by atoms with Crippen LogP contribution < -0.4 is 4.74 Å². The van der Waals surface area contributed by atoms with Crippen molar-refractivity contribution in [3.8, 4) is 5.88 Å². The zero-order chi connectivity index (χ0) is 9.68. The Hall–Kier alpha value is -0.960. The molecule has 0 amide bonds. The van der Waals surface area contributed by atoms with Crippen LogP contribution >= 0.6 is 0 Å². The maximum atomic E-state index is 5.50. The number of aromatic nitrogens is 1. The van der Waals surface area contributed by atoms with E-state index in [1.807, 2.05) is 19.1 Å². The molecule has 0 fully saturated rings. The lowest BCUT2D eigenvalue weighted by Gasteiger charge is -2.09. The van der Waals surface area contributed by atoms with E-state index in [4.69, 9.17) is 4.74 Å². The van der Waals surface area contributed by atoms with E-state index in [9.17, 15) is 0 Å². The first-order chi connectivity index (χ1) is 6.18. The van der Waals surface area contributed by atoms with E-state index >= 15 is 0 Å². The average Bonchev–Trinajstić information content (AvgIpc) is 2.45. The number of nitrogens with one attached hydrogen (secondary N) is 1. The van der Waals surface area contributed by atoms with Crippen molar-refractivity contribution in [3.63, 3.8) is 0 Å². The van der Waals surface area contributed by atoms with Crippen molar-refractivity contribution in [1.82, 2.24) is 9.88 Å². The van der Waals surface area contributed by atoms with E-state index in [2.05, 4.69) is 24.0 Å². The number of aryl methyl sites for hydroxylation is 1. The molecule has 1 aromatic heterocycles. The standard InChI is InChI=1S/C10H18N2O/c1-9-5-6-10(11-9)13-8-4-7-12(2)3/h5-6,11H,4,7-8H2,1-3H3. The van der Waals surface area contributed by atoms with E-state index in [1.54, 1.807) is 0 Å². The Balaban J connectivity index is 2.13. The molecule has 74 valence electrons. The van der Waals surface area contributed by atoms with Crippen LogP contribution in [0.1, 0.15) is 12.1 Å². The third kappa shape index (κ3) is 3.99. The predicted molar refractivity (Wildman–Crippen MR) is 54.2 cm³/mol. The van der Waals surface area contributed by atoms with E-state index < -0.39 is 0 Å². The normalized spacial score (nSPS) is 10.8. The third-order valence-electron chi connectivity index (χ3n) is 1.81. The molecule has 0 spiro atoms. The monoisotopic (exact) mass is 182 g/mol. The first-order valence-corrected chi connectivity index (χ1v) is 4.61. The average molecular weight is 182 g/mol. The molecular weight excluding hydrogens is 164 g/mol. The van der Waals surface area contributed by atoms with Gasteiger partial charge in [0.25, 0.3) is 0 Å². The first kappa shape index (κ1) is 10.1. The summed E-state index contributed by atoms with van der Waals surface area (Å²) in [5.74, 6) is 0.872. The zero-order valence-electron chi connectivity index (χ0n) is 8.63. The van der Waals surface area contributed by atoms with Gasteiger partial charge in [-0.05, 0) is 39.6 Å². The van der Waals surface area contributed by atoms with Crippen LogP contribution in [-0.4, -0.2) is 37.1 Å². The van der Waals surface area contributed by atoms with Gasteiger partial charge in [0.2, 0.25) is 0 Å². The second-order valence-electron chi connectivity index (χ2n) is 3.51. The highest BCUT2D eigenvalue weighted by molar-refractivity contribution is 5.16. The van der Waals surface area contributed by atoms with Gasteiger partial charge in [-0.3, -0.25) is 0 Å². The van der Waals surface area contributed by atoms with Gasteiger partial charge in [0.1, 0.15) is 0 Å². The number of hydrogen-bond donors (Lipinski definition) is 1. The molecule has 0 aliphatic heterocycles. The lowest BCUT2D eigenvalue weighted by Crippen LogP contribution is -2.15. The van der Waals surface area contributed by atoms with Crippen LogP contribution in [0, 0.1) is 6.92 Å². The summed E-state index contributed by atoms with van der Waals surface area (Å²) in [6.07, 6.45) is 1.06. The quantitative estimate of drug-likeness (QED) is 0.701. The van der Waals surface area contributed by atoms with Crippen molar-refractivity contribution in [2.24, 2.45) is 0 Å². The molecule has 1 heterocycles. The minimum absolute atomic E-state index is 0.776. The van der Waals surface area contributed by atoms with Crippen LogP contribution in [-0.2, 0) is 0 Å². The summed E-state index contributed by atoms with van der Waals surface area (Å²) in [7, 11) is 4.14. The molecule has 3 nitrogen and oxygen atoms in total. The van der Waals surface area contributed by atoms with Crippen molar-refractivity contribution in [3.05, 3.63) is 17.8 Å². The molecule has 0 saturated heterocycles. The van der Waals surface area contributed by atoms with E-state index in [0.717, 1.165) is 31.1 Å². The Kier molecular flexibility index (Phi) is 3.83. The SMILES string of the molecule is Cc1ccc(OCCCN(C)C)[nH]1. The molecule has 0 saturated carbocycles. The Morgan fingerprint density at radius 2 is 2.15 bits per heavy atom. The van der Waals surface area contributed by atoms with E-state index in [0.29, 0.717) is 0 Å². The van der Waals surface area contributed by atoms with Crippen molar-refractivity contribution in [1.29, 1.82) is 0 Å². The van der Waals surface area contributed by atoms with Gasteiger partial charge in [0, 0.05) is 12.2 Å². The Labute approximate surface area is 79.7 Å². The Morgan fingerprint density at radius 3 is 2.69 bits per heavy atom. The van der Waals surface area contributed by atoms with Crippen LogP contribution in [0.3, 0.4) is 0 Å². The molecule has 1 aromatic rings. The molecule has 0 bridgehead atoms. The topological polar surface area (TPSA) is 28.3 Å². The minimum Gasteiger partial charge on any atom is -0.479 e. The van der Waals surface area contributed by atoms with Gasteiger partial charge in [-0.15, -0.1) is 0 Å². The van der Waals surface area contributed by atoms with E-state index in [1.165, 1.54) is 0 Å². The lowest BCUT2D eigenvalue weighted by molar-refractivity contribution is 0.274. The summed E-state index contributed by atoms with van der Waals surface area (Å²) in [4.78, 5) is 5.28. The molecule has 0 radical (unpaired) electrons. The predicted octanol–water partition coefficient (Wildman–Crippen LogP) is 1.65. The number of H-pyrrole nitrogens is 1. The number of nitrogens with zero attached hydrogens (tertiary/aromatic N) is 1. The maximum Gasteiger partial charge on any atom is 0.190 e. The van der Waals surface area contributed by atoms with Gasteiger partial charge in [0.05, 0.1) is 6.61 Å². The van der Waals surface area contributed by atoms with Crippen molar-refractivity contribution < 1.29 is 4.74 Å². The molecule has 1 rings (SSSR count). The second kappa shape index (κ2) is 4.92. The first-order valence-electron chi connectivity index (χ1n) is 4.61. The summed E-state index contributed by atoms with van der Waals surface area (Å²) >= 11 is 0. The Morgan fingerprint density at radius 1 is 1.38 bits per heavy atom. The second-order valence-corrected chi connectivity index (χ2v) is 3.51. The van der Waals surface area contributed by atoms with Gasteiger partial charge < -0.3 is 14.6 Å².